The van der Waals surface area contributed by atoms with Crippen LogP contribution in [0.4, 0.5) is 0 Å². The summed E-state index contributed by atoms with van der Waals surface area (Å²) in [5.74, 6) is 0.121. The maximum Gasteiger partial charge on any atom is 0.268 e. The van der Waals surface area contributed by atoms with Gasteiger partial charge < -0.3 is 4.74 Å². The van der Waals surface area contributed by atoms with Crippen molar-refractivity contribution in [2.24, 2.45) is 0 Å². The second kappa shape index (κ2) is 7.48. The van der Waals surface area contributed by atoms with Gasteiger partial charge in [0.25, 0.3) is 11.8 Å². The van der Waals surface area contributed by atoms with Gasteiger partial charge in [0.2, 0.25) is 0 Å². The van der Waals surface area contributed by atoms with Crippen molar-refractivity contribution in [3.05, 3.63) is 38.7 Å². The van der Waals surface area contributed by atoms with E-state index in [2.05, 4.69) is 0 Å². The van der Waals surface area contributed by atoms with Gasteiger partial charge in [-0.2, -0.15) is 0 Å². The Balaban J connectivity index is 1.96. The highest BCUT2D eigenvalue weighted by molar-refractivity contribution is 8.04. The van der Waals surface area contributed by atoms with E-state index in [9.17, 15) is 9.59 Å². The third-order valence-electron chi connectivity index (χ3n) is 4.02. The lowest BCUT2D eigenvalue weighted by Gasteiger charge is -2.19. The molecule has 7 heteroatoms. The molecule has 2 aliphatic rings. The molecular formula is C17H17Cl2NO3S. The Morgan fingerprint density at radius 2 is 2.08 bits per heavy atom. The Kier molecular flexibility index (Phi) is 5.55. The number of thioether (sulfide) groups is 1. The number of hydrogen-bond acceptors (Lipinski definition) is 4. The lowest BCUT2D eigenvalue weighted by Crippen LogP contribution is -2.37. The summed E-state index contributed by atoms with van der Waals surface area (Å²) in [6, 6.07) is 4.95. The van der Waals surface area contributed by atoms with Crippen LogP contribution in [-0.4, -0.2) is 41.7 Å². The van der Waals surface area contributed by atoms with Gasteiger partial charge in [-0.3, -0.25) is 14.5 Å². The number of rotatable bonds is 5. The van der Waals surface area contributed by atoms with Gasteiger partial charge in [-0.1, -0.05) is 36.2 Å². The van der Waals surface area contributed by atoms with Crippen LogP contribution in [0.15, 0.2) is 23.1 Å². The van der Waals surface area contributed by atoms with Crippen LogP contribution < -0.4 is 0 Å². The highest BCUT2D eigenvalue weighted by Crippen LogP contribution is 2.39. The predicted molar refractivity (Wildman–Crippen MR) is 97.2 cm³/mol. The number of benzene rings is 1. The zero-order chi connectivity index (χ0) is 17.3. The second-order valence-corrected chi connectivity index (χ2v) is 7.74. The Morgan fingerprint density at radius 1 is 1.29 bits per heavy atom. The summed E-state index contributed by atoms with van der Waals surface area (Å²) in [4.78, 5) is 27.4. The van der Waals surface area contributed by atoms with E-state index in [4.69, 9.17) is 27.9 Å². The molecule has 0 bridgehead atoms. The molecule has 0 aliphatic carbocycles. The van der Waals surface area contributed by atoms with Crippen molar-refractivity contribution in [1.29, 1.82) is 0 Å². The molecule has 24 heavy (non-hydrogen) atoms. The number of imide groups is 1. The fourth-order valence-corrected chi connectivity index (χ4v) is 4.29. The Bertz CT molecular complexity index is 714. The predicted octanol–water partition coefficient (Wildman–Crippen LogP) is 4.01. The van der Waals surface area contributed by atoms with Crippen LogP contribution in [0, 0.1) is 0 Å². The first-order valence-electron chi connectivity index (χ1n) is 7.83. The van der Waals surface area contributed by atoms with Gasteiger partial charge in [-0.25, -0.2) is 0 Å². The third-order valence-corrected chi connectivity index (χ3v) is 5.53. The standard InChI is InChI=1S/C17H17Cl2NO3S/c1-2-24-15-14(12-6-5-10(18)8-13(12)19)16(21)20(17(15)22)9-11-4-3-7-23-11/h5-6,8,11H,2-4,7,9H2,1H3. The van der Waals surface area contributed by atoms with Crippen LogP contribution >= 0.6 is 35.0 Å². The van der Waals surface area contributed by atoms with Gasteiger partial charge >= 0.3 is 0 Å². The average molecular weight is 386 g/mol. The van der Waals surface area contributed by atoms with Crippen molar-refractivity contribution < 1.29 is 14.3 Å². The van der Waals surface area contributed by atoms with E-state index in [0.717, 1.165) is 12.8 Å². The van der Waals surface area contributed by atoms with Crippen LogP contribution in [0.25, 0.3) is 5.57 Å². The number of carbonyl (C=O) groups is 2. The molecule has 2 amide bonds. The number of carbonyl (C=O) groups excluding carboxylic acids is 2. The first-order chi connectivity index (χ1) is 11.5. The molecule has 3 rings (SSSR count). The number of halogens is 2. The monoisotopic (exact) mass is 385 g/mol. The minimum absolute atomic E-state index is 0.0779. The summed E-state index contributed by atoms with van der Waals surface area (Å²) in [5.41, 5.74) is 0.914. The molecule has 0 spiro atoms. The highest BCUT2D eigenvalue weighted by Gasteiger charge is 2.41. The van der Waals surface area contributed by atoms with E-state index in [1.807, 2.05) is 6.92 Å². The van der Waals surface area contributed by atoms with E-state index >= 15 is 0 Å². The van der Waals surface area contributed by atoms with Crippen molar-refractivity contribution in [3.63, 3.8) is 0 Å². The summed E-state index contributed by atoms with van der Waals surface area (Å²) in [7, 11) is 0. The molecule has 4 nitrogen and oxygen atoms in total. The topological polar surface area (TPSA) is 46.6 Å². The van der Waals surface area contributed by atoms with Crippen molar-refractivity contribution in [2.45, 2.75) is 25.9 Å². The molecule has 0 saturated carbocycles. The molecule has 2 heterocycles. The smallest absolute Gasteiger partial charge is 0.268 e. The zero-order valence-electron chi connectivity index (χ0n) is 13.2. The molecule has 1 unspecified atom stereocenters. The number of amides is 2. The van der Waals surface area contributed by atoms with Crippen molar-refractivity contribution in [1.82, 2.24) is 4.90 Å². The van der Waals surface area contributed by atoms with Gasteiger partial charge in [0.05, 0.1) is 28.1 Å². The second-order valence-electron chi connectivity index (χ2n) is 5.62. The van der Waals surface area contributed by atoms with Gasteiger partial charge in [-0.05, 0) is 30.7 Å². The van der Waals surface area contributed by atoms with Crippen molar-refractivity contribution in [2.75, 3.05) is 18.9 Å². The molecule has 0 aromatic heterocycles. The summed E-state index contributed by atoms with van der Waals surface area (Å²) in [5, 5.41) is 0.855. The fraction of sp³-hybridized carbons (Fsp3) is 0.412. The lowest BCUT2D eigenvalue weighted by atomic mass is 10.1. The van der Waals surface area contributed by atoms with Crippen molar-refractivity contribution in [3.8, 4) is 0 Å². The van der Waals surface area contributed by atoms with Crippen LogP contribution in [0.1, 0.15) is 25.3 Å². The van der Waals surface area contributed by atoms with E-state index in [-0.39, 0.29) is 17.9 Å². The summed E-state index contributed by atoms with van der Waals surface area (Å²) in [6.45, 7) is 2.92. The van der Waals surface area contributed by atoms with E-state index < -0.39 is 0 Å². The van der Waals surface area contributed by atoms with E-state index in [1.165, 1.54) is 16.7 Å². The Morgan fingerprint density at radius 3 is 2.71 bits per heavy atom. The van der Waals surface area contributed by atoms with Gasteiger partial charge in [0.15, 0.2) is 0 Å². The molecule has 1 aromatic carbocycles. The fourth-order valence-electron chi connectivity index (χ4n) is 2.92. The first kappa shape index (κ1) is 17.8. The Labute approximate surface area is 155 Å². The van der Waals surface area contributed by atoms with Crippen LogP contribution in [0.2, 0.25) is 10.0 Å². The SMILES string of the molecule is CCSC1=C(c2ccc(Cl)cc2Cl)C(=O)N(CC2CCCO2)C1=O. The maximum atomic E-state index is 12.9. The average Bonchev–Trinajstić information content (AvgIpc) is 3.12. The lowest BCUT2D eigenvalue weighted by molar-refractivity contribution is -0.138. The molecule has 128 valence electrons. The van der Waals surface area contributed by atoms with Crippen molar-refractivity contribution >= 4 is 52.4 Å². The summed E-state index contributed by atoms with van der Waals surface area (Å²) in [6.07, 6.45) is 1.75. The molecule has 0 radical (unpaired) electrons. The van der Waals surface area contributed by atoms with Gasteiger partial charge in [-0.15, -0.1) is 11.8 Å². The van der Waals surface area contributed by atoms with E-state index in [0.29, 0.717) is 45.0 Å². The largest absolute Gasteiger partial charge is 0.376 e. The highest BCUT2D eigenvalue weighted by atomic mass is 35.5. The molecule has 0 N–H and O–H groups in total. The number of hydrogen-bond donors (Lipinski definition) is 0. The Hall–Kier alpha value is -1.01. The zero-order valence-corrected chi connectivity index (χ0v) is 15.5. The molecule has 2 aliphatic heterocycles. The molecule has 1 fully saturated rings. The molecule has 1 aromatic rings. The van der Waals surface area contributed by atoms with Crippen LogP contribution in [0.5, 0.6) is 0 Å². The molecule has 1 atom stereocenters. The summed E-state index contributed by atoms with van der Waals surface area (Å²) < 4.78 is 5.57. The minimum atomic E-state index is -0.310. The summed E-state index contributed by atoms with van der Waals surface area (Å²) >= 11 is 13.6. The number of ether oxygens (including phenoxy) is 1. The maximum absolute atomic E-state index is 12.9. The quantitative estimate of drug-likeness (QED) is 0.718. The van der Waals surface area contributed by atoms with Gasteiger partial charge in [0, 0.05) is 17.2 Å². The van der Waals surface area contributed by atoms with E-state index in [1.54, 1.807) is 18.2 Å². The molecular weight excluding hydrogens is 369 g/mol. The molecule has 1 saturated heterocycles. The van der Waals surface area contributed by atoms with Gasteiger partial charge in [0.1, 0.15) is 0 Å². The van der Waals surface area contributed by atoms with Crippen LogP contribution in [-0.2, 0) is 14.3 Å². The van der Waals surface area contributed by atoms with Crippen LogP contribution in [0.3, 0.4) is 0 Å². The number of nitrogens with zero attached hydrogens (tertiary/aromatic N) is 1. The minimum Gasteiger partial charge on any atom is -0.376 e. The first-order valence-corrected chi connectivity index (χ1v) is 9.57. The normalized spacial score (nSPS) is 21.3. The third kappa shape index (κ3) is 3.36.